The summed E-state index contributed by atoms with van der Waals surface area (Å²) in [6.07, 6.45) is 4.27. The van der Waals surface area contributed by atoms with Gasteiger partial charge in [-0.1, -0.05) is 6.07 Å². The third-order valence-corrected chi connectivity index (χ3v) is 2.75. The lowest BCUT2D eigenvalue weighted by Crippen LogP contribution is -2.18. The second-order valence-corrected chi connectivity index (χ2v) is 4.45. The average molecular weight is 276 g/mol. The minimum Gasteiger partial charge on any atom is -0.328 e. The van der Waals surface area contributed by atoms with Crippen LogP contribution in [0.2, 0.25) is 0 Å². The molecule has 2 N–H and O–H groups in total. The zero-order valence-electron chi connectivity index (χ0n) is 11.3. The van der Waals surface area contributed by atoms with E-state index in [0.29, 0.717) is 5.69 Å². The normalized spacial score (nSPS) is 10.5. The Labute approximate surface area is 116 Å². The number of hydrogen-bond acceptors (Lipinski definition) is 3. The first kappa shape index (κ1) is 14.2. The molecule has 2 aromatic rings. The molecule has 0 aliphatic carbocycles. The van der Waals surface area contributed by atoms with E-state index >= 15 is 0 Å². The molecule has 0 fully saturated rings. The van der Waals surface area contributed by atoms with E-state index in [1.807, 2.05) is 13.2 Å². The summed E-state index contributed by atoms with van der Waals surface area (Å²) >= 11 is 0. The lowest BCUT2D eigenvalue weighted by atomic mass is 10.3. The van der Waals surface area contributed by atoms with Crippen molar-refractivity contribution in [3.8, 4) is 0 Å². The molecule has 1 heterocycles. The van der Waals surface area contributed by atoms with Crippen LogP contribution in [-0.4, -0.2) is 29.1 Å². The molecule has 106 valence electrons. The minimum atomic E-state index is -0.375. The summed E-state index contributed by atoms with van der Waals surface area (Å²) in [5.41, 5.74) is 1.38. The first-order valence-electron chi connectivity index (χ1n) is 6.38. The monoisotopic (exact) mass is 276 g/mol. The third kappa shape index (κ3) is 4.17. The molecule has 0 saturated carbocycles. The van der Waals surface area contributed by atoms with Crippen LogP contribution in [0.4, 0.5) is 10.1 Å². The maximum absolute atomic E-state index is 13.0. The van der Waals surface area contributed by atoms with Gasteiger partial charge in [0.1, 0.15) is 12.4 Å². The average Bonchev–Trinajstić information content (AvgIpc) is 2.83. The van der Waals surface area contributed by atoms with Gasteiger partial charge in [-0.2, -0.15) is 0 Å². The number of carbonyl (C=O) groups is 1. The molecule has 0 spiro atoms. The van der Waals surface area contributed by atoms with Crippen LogP contribution in [0.5, 0.6) is 0 Å². The van der Waals surface area contributed by atoms with E-state index in [1.54, 1.807) is 23.0 Å². The first-order chi connectivity index (χ1) is 9.67. The lowest BCUT2D eigenvalue weighted by molar-refractivity contribution is -0.116. The van der Waals surface area contributed by atoms with Crippen molar-refractivity contribution < 1.29 is 9.18 Å². The Morgan fingerprint density at radius 2 is 2.30 bits per heavy atom. The summed E-state index contributed by atoms with van der Waals surface area (Å²) in [6.45, 7) is 0.996. The Morgan fingerprint density at radius 3 is 3.05 bits per heavy atom. The number of nitrogens with one attached hydrogen (secondary N) is 2. The fourth-order valence-corrected chi connectivity index (χ4v) is 1.81. The summed E-state index contributed by atoms with van der Waals surface area (Å²) in [7, 11) is 1.88. The van der Waals surface area contributed by atoms with Gasteiger partial charge in [0.25, 0.3) is 0 Å². The Bertz CT molecular complexity index is 582. The van der Waals surface area contributed by atoms with Crippen LogP contribution in [-0.2, 0) is 17.8 Å². The molecule has 0 radical (unpaired) electrons. The van der Waals surface area contributed by atoms with Gasteiger partial charge in [-0.05, 0) is 25.2 Å². The molecule has 0 unspecified atom stereocenters. The maximum atomic E-state index is 13.0. The van der Waals surface area contributed by atoms with Crippen molar-refractivity contribution in [3.05, 3.63) is 48.3 Å². The molecule has 2 rings (SSSR count). The summed E-state index contributed by atoms with van der Waals surface area (Å²) in [5, 5.41) is 5.68. The molecule has 1 aromatic heterocycles. The molecular formula is C14H17FN4O. The smallest absolute Gasteiger partial charge is 0.244 e. The standard InChI is InChI=1S/C14H17FN4O/c1-16-6-5-13-8-19(10-17-13)9-14(20)18-12-4-2-3-11(15)7-12/h2-4,7-8,10,16H,5-6,9H2,1H3,(H,18,20). The van der Waals surface area contributed by atoms with Crippen molar-refractivity contribution in [2.24, 2.45) is 0 Å². The Balaban J connectivity index is 1.89. The Morgan fingerprint density at radius 1 is 1.45 bits per heavy atom. The summed E-state index contributed by atoms with van der Waals surface area (Å²) < 4.78 is 14.7. The highest BCUT2D eigenvalue weighted by Crippen LogP contribution is 2.09. The first-order valence-corrected chi connectivity index (χ1v) is 6.38. The van der Waals surface area contributed by atoms with E-state index in [4.69, 9.17) is 0 Å². The van der Waals surface area contributed by atoms with E-state index < -0.39 is 0 Å². The predicted octanol–water partition coefficient (Wildman–Crippen LogP) is 1.42. The quantitative estimate of drug-likeness (QED) is 0.839. The highest BCUT2D eigenvalue weighted by molar-refractivity contribution is 5.90. The van der Waals surface area contributed by atoms with Gasteiger partial charge < -0.3 is 15.2 Å². The number of benzene rings is 1. The highest BCUT2D eigenvalue weighted by Gasteiger charge is 2.05. The lowest BCUT2D eigenvalue weighted by Gasteiger charge is -2.05. The molecule has 1 aromatic carbocycles. The van der Waals surface area contributed by atoms with Crippen molar-refractivity contribution in [3.63, 3.8) is 0 Å². The van der Waals surface area contributed by atoms with Gasteiger partial charge in [0, 0.05) is 24.8 Å². The fraction of sp³-hybridized carbons (Fsp3) is 0.286. The molecule has 1 amide bonds. The zero-order valence-corrected chi connectivity index (χ0v) is 11.3. The van der Waals surface area contributed by atoms with Crippen LogP contribution in [0.25, 0.3) is 0 Å². The molecule has 0 saturated heterocycles. The van der Waals surface area contributed by atoms with Gasteiger partial charge >= 0.3 is 0 Å². The maximum Gasteiger partial charge on any atom is 0.244 e. The van der Waals surface area contributed by atoms with Gasteiger partial charge in [-0.3, -0.25) is 4.79 Å². The van der Waals surface area contributed by atoms with Gasteiger partial charge in [0.15, 0.2) is 0 Å². The number of imidazole rings is 1. The topological polar surface area (TPSA) is 59.0 Å². The van der Waals surface area contributed by atoms with Crippen LogP contribution >= 0.6 is 0 Å². The van der Waals surface area contributed by atoms with E-state index in [9.17, 15) is 9.18 Å². The summed E-state index contributed by atoms with van der Waals surface area (Å²) in [4.78, 5) is 16.0. The molecular weight excluding hydrogens is 259 g/mol. The number of anilines is 1. The number of nitrogens with zero attached hydrogens (tertiary/aromatic N) is 2. The van der Waals surface area contributed by atoms with Crippen molar-refractivity contribution in [2.45, 2.75) is 13.0 Å². The molecule has 5 nitrogen and oxygen atoms in total. The van der Waals surface area contributed by atoms with Crippen LogP contribution < -0.4 is 10.6 Å². The van der Waals surface area contributed by atoms with E-state index in [0.717, 1.165) is 18.7 Å². The van der Waals surface area contributed by atoms with Crippen molar-refractivity contribution in [1.82, 2.24) is 14.9 Å². The van der Waals surface area contributed by atoms with Crippen molar-refractivity contribution >= 4 is 11.6 Å². The van der Waals surface area contributed by atoms with Crippen LogP contribution in [0.3, 0.4) is 0 Å². The molecule has 0 aliphatic heterocycles. The number of amides is 1. The third-order valence-electron chi connectivity index (χ3n) is 2.75. The zero-order chi connectivity index (χ0) is 14.4. The van der Waals surface area contributed by atoms with Gasteiger partial charge in [-0.15, -0.1) is 0 Å². The predicted molar refractivity (Wildman–Crippen MR) is 74.9 cm³/mol. The summed E-state index contributed by atoms with van der Waals surface area (Å²) in [6, 6.07) is 5.81. The van der Waals surface area contributed by atoms with Gasteiger partial charge in [0.2, 0.25) is 5.91 Å². The minimum absolute atomic E-state index is 0.156. The Kier molecular flexibility index (Phi) is 4.84. The SMILES string of the molecule is CNCCc1cn(CC(=O)Nc2cccc(F)c2)cn1. The van der Waals surface area contributed by atoms with Crippen molar-refractivity contribution in [2.75, 3.05) is 18.9 Å². The van der Waals surface area contributed by atoms with E-state index in [1.165, 1.54) is 12.1 Å². The second kappa shape index (κ2) is 6.81. The van der Waals surface area contributed by atoms with Crippen molar-refractivity contribution in [1.29, 1.82) is 0 Å². The molecule has 6 heteroatoms. The second-order valence-electron chi connectivity index (χ2n) is 4.45. The van der Waals surface area contributed by atoms with Gasteiger partial charge in [0.05, 0.1) is 12.0 Å². The highest BCUT2D eigenvalue weighted by atomic mass is 19.1. The molecule has 0 atom stereocenters. The fourth-order valence-electron chi connectivity index (χ4n) is 1.81. The van der Waals surface area contributed by atoms with E-state index in [-0.39, 0.29) is 18.3 Å². The van der Waals surface area contributed by atoms with Crippen LogP contribution in [0.1, 0.15) is 5.69 Å². The number of aromatic nitrogens is 2. The Hall–Kier alpha value is -2.21. The molecule has 0 aliphatic rings. The van der Waals surface area contributed by atoms with E-state index in [2.05, 4.69) is 15.6 Å². The van der Waals surface area contributed by atoms with Crippen LogP contribution in [0, 0.1) is 5.82 Å². The number of likely N-dealkylation sites (N-methyl/N-ethyl adjacent to an activating group) is 1. The number of halogens is 1. The largest absolute Gasteiger partial charge is 0.328 e. The summed E-state index contributed by atoms with van der Waals surface area (Å²) in [5.74, 6) is -0.590. The number of rotatable bonds is 6. The number of hydrogen-bond donors (Lipinski definition) is 2. The van der Waals surface area contributed by atoms with Crippen LogP contribution in [0.15, 0.2) is 36.8 Å². The molecule has 20 heavy (non-hydrogen) atoms. The molecule has 0 bridgehead atoms. The van der Waals surface area contributed by atoms with Gasteiger partial charge in [-0.25, -0.2) is 9.37 Å². The number of carbonyl (C=O) groups excluding carboxylic acids is 1.